The van der Waals surface area contributed by atoms with Crippen LogP contribution in [0.2, 0.25) is 10.0 Å². The zero-order valence-electron chi connectivity index (χ0n) is 10.5. The number of carbonyl (C=O) groups excluding carboxylic acids is 1. The summed E-state index contributed by atoms with van der Waals surface area (Å²) in [5.74, 6) is -1.52. The highest BCUT2D eigenvalue weighted by molar-refractivity contribution is 7.12. The predicted molar refractivity (Wildman–Crippen MR) is 85.4 cm³/mol. The molecule has 0 bridgehead atoms. The van der Waals surface area contributed by atoms with E-state index in [9.17, 15) is 9.59 Å². The molecule has 0 atom stereocenters. The maximum atomic E-state index is 11.8. The zero-order valence-corrected chi connectivity index (χ0v) is 12.8. The van der Waals surface area contributed by atoms with Crippen molar-refractivity contribution in [3.63, 3.8) is 0 Å². The Morgan fingerprint density at radius 1 is 1.24 bits per heavy atom. The highest BCUT2D eigenvalue weighted by atomic mass is 35.5. The number of carboxylic acids is 1. The summed E-state index contributed by atoms with van der Waals surface area (Å²) < 4.78 is 0. The molecule has 4 nitrogen and oxygen atoms in total. The van der Waals surface area contributed by atoms with Gasteiger partial charge in [-0.1, -0.05) is 29.3 Å². The van der Waals surface area contributed by atoms with Crippen LogP contribution < -0.4 is 5.32 Å². The minimum absolute atomic E-state index is 0.0845. The van der Waals surface area contributed by atoms with Crippen LogP contribution in [0.4, 0.5) is 5.69 Å². The van der Waals surface area contributed by atoms with Crippen molar-refractivity contribution in [3.05, 3.63) is 56.2 Å². The van der Waals surface area contributed by atoms with Crippen LogP contribution in [0.15, 0.2) is 35.7 Å². The van der Waals surface area contributed by atoms with Crippen molar-refractivity contribution in [2.45, 2.75) is 0 Å². The first-order chi connectivity index (χ1) is 9.97. The summed E-state index contributed by atoms with van der Waals surface area (Å²) in [6.07, 6.45) is 2.80. The number of halogens is 2. The van der Waals surface area contributed by atoms with Gasteiger partial charge in [0.2, 0.25) is 5.91 Å². The number of nitrogens with one attached hydrogen (secondary N) is 1. The Bertz CT molecular complexity index is 725. The third-order valence-corrected chi connectivity index (χ3v) is 3.96. The van der Waals surface area contributed by atoms with Gasteiger partial charge in [0, 0.05) is 16.1 Å². The minimum Gasteiger partial charge on any atom is -0.477 e. The smallest absolute Gasteiger partial charge is 0.348 e. The standard InChI is InChI=1S/C14H9Cl2NO3S/c15-9-3-1-8(10(16)7-9)2-4-12(18)17-11-5-6-21-13(11)14(19)20/h1-7H,(H,17,18)(H,19,20)/b4-2+. The van der Waals surface area contributed by atoms with Crippen LogP contribution in [-0.4, -0.2) is 17.0 Å². The van der Waals surface area contributed by atoms with E-state index in [-0.39, 0.29) is 10.6 Å². The number of thiophene rings is 1. The average Bonchev–Trinajstić information content (AvgIpc) is 2.86. The predicted octanol–water partition coefficient (Wildman–Crippen LogP) is 4.41. The third-order valence-electron chi connectivity index (χ3n) is 2.49. The summed E-state index contributed by atoms with van der Waals surface area (Å²) in [6.45, 7) is 0. The molecule has 2 rings (SSSR count). The molecule has 0 unspecified atom stereocenters. The van der Waals surface area contributed by atoms with Crippen LogP contribution in [0.3, 0.4) is 0 Å². The SMILES string of the molecule is O=C(/C=C/c1ccc(Cl)cc1Cl)Nc1ccsc1C(=O)O. The molecule has 2 N–H and O–H groups in total. The fraction of sp³-hybridized carbons (Fsp3) is 0. The van der Waals surface area contributed by atoms with E-state index in [2.05, 4.69) is 5.32 Å². The van der Waals surface area contributed by atoms with Crippen molar-refractivity contribution >= 4 is 58.2 Å². The van der Waals surface area contributed by atoms with Gasteiger partial charge < -0.3 is 10.4 Å². The van der Waals surface area contributed by atoms with Gasteiger partial charge >= 0.3 is 5.97 Å². The summed E-state index contributed by atoms with van der Waals surface area (Å²) in [5.41, 5.74) is 0.907. The second kappa shape index (κ2) is 6.76. The number of carboxylic acid groups (broad SMARTS) is 1. The molecule has 0 radical (unpaired) electrons. The Balaban J connectivity index is 2.09. The molecule has 2 aromatic rings. The van der Waals surface area contributed by atoms with E-state index in [4.69, 9.17) is 28.3 Å². The van der Waals surface area contributed by atoms with E-state index in [1.54, 1.807) is 23.6 Å². The molecule has 21 heavy (non-hydrogen) atoms. The summed E-state index contributed by atoms with van der Waals surface area (Å²) in [6, 6.07) is 6.45. The van der Waals surface area contributed by atoms with E-state index in [1.165, 1.54) is 18.2 Å². The quantitative estimate of drug-likeness (QED) is 0.809. The third kappa shape index (κ3) is 4.07. The largest absolute Gasteiger partial charge is 0.477 e. The van der Waals surface area contributed by atoms with Crippen LogP contribution in [0.1, 0.15) is 15.2 Å². The van der Waals surface area contributed by atoms with Gasteiger partial charge in [0.1, 0.15) is 4.88 Å². The monoisotopic (exact) mass is 341 g/mol. The second-order valence-electron chi connectivity index (χ2n) is 3.96. The van der Waals surface area contributed by atoms with Crippen molar-refractivity contribution in [1.82, 2.24) is 0 Å². The Kier molecular flexibility index (Phi) is 5.01. The van der Waals surface area contributed by atoms with E-state index in [0.717, 1.165) is 11.3 Å². The molecule has 0 aliphatic carbocycles. The molecule has 0 fully saturated rings. The van der Waals surface area contributed by atoms with E-state index >= 15 is 0 Å². The average molecular weight is 342 g/mol. The van der Waals surface area contributed by atoms with Crippen molar-refractivity contribution < 1.29 is 14.7 Å². The first kappa shape index (κ1) is 15.6. The number of carbonyl (C=O) groups is 2. The van der Waals surface area contributed by atoms with Gasteiger partial charge in [-0.05, 0) is 35.2 Å². The van der Waals surface area contributed by atoms with Crippen LogP contribution in [-0.2, 0) is 4.79 Å². The maximum Gasteiger partial charge on any atom is 0.348 e. The van der Waals surface area contributed by atoms with E-state index < -0.39 is 11.9 Å². The topological polar surface area (TPSA) is 66.4 Å². The van der Waals surface area contributed by atoms with Crippen molar-refractivity contribution in [2.75, 3.05) is 5.32 Å². The second-order valence-corrected chi connectivity index (χ2v) is 5.72. The Labute approximate surface area is 134 Å². The lowest BCUT2D eigenvalue weighted by Crippen LogP contribution is -2.09. The highest BCUT2D eigenvalue weighted by Crippen LogP contribution is 2.23. The van der Waals surface area contributed by atoms with Crippen LogP contribution in [0.5, 0.6) is 0 Å². The molecule has 1 aromatic heterocycles. The van der Waals surface area contributed by atoms with Gasteiger partial charge in [0.15, 0.2) is 0 Å². The molecule has 108 valence electrons. The number of anilines is 1. The molecule has 1 amide bonds. The van der Waals surface area contributed by atoms with E-state index in [0.29, 0.717) is 15.6 Å². The van der Waals surface area contributed by atoms with Crippen LogP contribution in [0, 0.1) is 0 Å². The normalized spacial score (nSPS) is 10.8. The first-order valence-electron chi connectivity index (χ1n) is 5.72. The summed E-state index contributed by atoms with van der Waals surface area (Å²) in [5, 5.41) is 14.0. The maximum absolute atomic E-state index is 11.8. The number of hydrogen-bond acceptors (Lipinski definition) is 3. The van der Waals surface area contributed by atoms with Gasteiger partial charge in [-0.3, -0.25) is 4.79 Å². The zero-order chi connectivity index (χ0) is 15.4. The highest BCUT2D eigenvalue weighted by Gasteiger charge is 2.12. The first-order valence-corrected chi connectivity index (χ1v) is 7.36. The number of benzene rings is 1. The molecule has 1 heterocycles. The molecular formula is C14H9Cl2NO3S. The molecule has 0 aliphatic rings. The van der Waals surface area contributed by atoms with Gasteiger partial charge in [-0.2, -0.15) is 0 Å². The van der Waals surface area contributed by atoms with Crippen LogP contribution >= 0.6 is 34.5 Å². The Morgan fingerprint density at radius 3 is 2.67 bits per heavy atom. The molecule has 0 saturated carbocycles. The number of hydrogen-bond donors (Lipinski definition) is 2. The lowest BCUT2D eigenvalue weighted by molar-refractivity contribution is -0.111. The Morgan fingerprint density at radius 2 is 2.00 bits per heavy atom. The molecule has 0 aliphatic heterocycles. The Hall–Kier alpha value is -1.82. The number of rotatable bonds is 4. The van der Waals surface area contributed by atoms with E-state index in [1.807, 2.05) is 0 Å². The summed E-state index contributed by atoms with van der Waals surface area (Å²) in [7, 11) is 0. The number of amides is 1. The molecule has 7 heteroatoms. The van der Waals surface area contributed by atoms with Crippen molar-refractivity contribution in [2.24, 2.45) is 0 Å². The van der Waals surface area contributed by atoms with Crippen molar-refractivity contribution in [1.29, 1.82) is 0 Å². The lowest BCUT2D eigenvalue weighted by atomic mass is 10.2. The fourth-order valence-corrected chi connectivity index (χ4v) is 2.71. The summed E-state index contributed by atoms with van der Waals surface area (Å²) >= 11 is 12.8. The van der Waals surface area contributed by atoms with Gasteiger partial charge in [-0.15, -0.1) is 11.3 Å². The van der Waals surface area contributed by atoms with Gasteiger partial charge in [0.05, 0.1) is 5.69 Å². The van der Waals surface area contributed by atoms with Crippen molar-refractivity contribution in [3.8, 4) is 0 Å². The molecule has 0 spiro atoms. The van der Waals surface area contributed by atoms with Gasteiger partial charge in [0.25, 0.3) is 0 Å². The number of aromatic carboxylic acids is 1. The van der Waals surface area contributed by atoms with Crippen LogP contribution in [0.25, 0.3) is 6.08 Å². The van der Waals surface area contributed by atoms with Gasteiger partial charge in [-0.25, -0.2) is 4.79 Å². The summed E-state index contributed by atoms with van der Waals surface area (Å²) in [4.78, 5) is 22.8. The minimum atomic E-state index is -1.08. The molecule has 0 saturated heterocycles. The molecule has 1 aromatic carbocycles. The molecular weight excluding hydrogens is 333 g/mol. The fourth-order valence-electron chi connectivity index (χ4n) is 1.55. The lowest BCUT2D eigenvalue weighted by Gasteiger charge is -2.01.